The normalized spacial score (nSPS) is 19.8. The second kappa shape index (κ2) is 8.99. The Morgan fingerprint density at radius 1 is 0.667 bits per heavy atom. The smallest absolute Gasteiger partial charge is 0.0541 e. The lowest BCUT2D eigenvalue weighted by Crippen LogP contribution is -2.22. The predicted octanol–water partition coefficient (Wildman–Crippen LogP) is 9.67. The molecule has 0 bridgehead atoms. The fraction of sp³-hybridized carbons (Fsp3) is 0.105. The summed E-state index contributed by atoms with van der Waals surface area (Å²) < 4.78 is 2.44. The van der Waals surface area contributed by atoms with Crippen LogP contribution in [0.5, 0.6) is 0 Å². The molecule has 3 aliphatic carbocycles. The van der Waals surface area contributed by atoms with Crippen molar-refractivity contribution in [3.05, 3.63) is 167 Å². The van der Waals surface area contributed by atoms with E-state index in [2.05, 4.69) is 144 Å². The lowest BCUT2D eigenvalue weighted by molar-refractivity contribution is 0.649. The number of rotatable bonds is 3. The van der Waals surface area contributed by atoms with Crippen molar-refractivity contribution in [2.75, 3.05) is 0 Å². The van der Waals surface area contributed by atoms with Gasteiger partial charge in [0.25, 0.3) is 0 Å². The standard InChI is InChI=1S/C38H29N/c1-3-13-26(14-4-1)37-30-18-7-9-20-32(30)38(33-21-10-8-19-31(33)37)27-23-24-36-34(25-27)29-17-11-12-22-35(29)39(36)28-15-5-2-6-16-28/h1,3-5,7-25,30,37H,2,6H2. The minimum Gasteiger partial charge on any atom is -0.310 e. The van der Waals surface area contributed by atoms with Crippen molar-refractivity contribution in [1.82, 2.24) is 4.57 Å². The van der Waals surface area contributed by atoms with E-state index in [4.69, 9.17) is 0 Å². The summed E-state index contributed by atoms with van der Waals surface area (Å²) in [5.74, 6) is 0.606. The highest BCUT2D eigenvalue weighted by molar-refractivity contribution is 6.11. The van der Waals surface area contributed by atoms with Crippen LogP contribution in [0.4, 0.5) is 0 Å². The maximum Gasteiger partial charge on any atom is 0.0541 e. The fourth-order valence-corrected chi connectivity index (χ4v) is 6.98. The van der Waals surface area contributed by atoms with Crippen LogP contribution < -0.4 is 0 Å². The average Bonchev–Trinajstić information content (AvgIpc) is 3.34. The molecule has 0 aliphatic heterocycles. The molecule has 1 heteroatoms. The van der Waals surface area contributed by atoms with Crippen molar-refractivity contribution in [3.63, 3.8) is 0 Å². The first kappa shape index (κ1) is 22.4. The van der Waals surface area contributed by atoms with Gasteiger partial charge in [-0.3, -0.25) is 0 Å². The number of aromatic nitrogens is 1. The topological polar surface area (TPSA) is 4.93 Å². The van der Waals surface area contributed by atoms with Gasteiger partial charge in [-0.1, -0.05) is 115 Å². The molecule has 0 spiro atoms. The van der Waals surface area contributed by atoms with Crippen LogP contribution in [0.25, 0.3) is 33.1 Å². The van der Waals surface area contributed by atoms with Gasteiger partial charge < -0.3 is 4.57 Å². The van der Waals surface area contributed by atoms with Crippen molar-refractivity contribution < 1.29 is 0 Å². The van der Waals surface area contributed by atoms with Crippen LogP contribution in [-0.4, -0.2) is 4.57 Å². The Balaban J connectivity index is 1.39. The molecule has 0 amide bonds. The maximum atomic E-state index is 2.44. The highest BCUT2D eigenvalue weighted by atomic mass is 15.0. The van der Waals surface area contributed by atoms with E-state index in [0.29, 0.717) is 11.8 Å². The summed E-state index contributed by atoms with van der Waals surface area (Å²) in [6, 6.07) is 36.0. The highest BCUT2D eigenvalue weighted by Crippen LogP contribution is 2.50. The third kappa shape index (κ3) is 3.47. The second-order valence-electron chi connectivity index (χ2n) is 10.8. The number of hydrogen-bond donors (Lipinski definition) is 0. The van der Waals surface area contributed by atoms with E-state index in [1.165, 1.54) is 60.9 Å². The van der Waals surface area contributed by atoms with Crippen LogP contribution in [0.15, 0.2) is 145 Å². The lowest BCUT2D eigenvalue weighted by atomic mass is 9.66. The Kier molecular flexibility index (Phi) is 5.16. The van der Waals surface area contributed by atoms with E-state index >= 15 is 0 Å². The third-order valence-electron chi connectivity index (χ3n) is 8.63. The summed E-state index contributed by atoms with van der Waals surface area (Å²) in [7, 11) is 0. The fourth-order valence-electron chi connectivity index (χ4n) is 6.98. The zero-order valence-corrected chi connectivity index (χ0v) is 21.8. The van der Waals surface area contributed by atoms with Gasteiger partial charge in [0.2, 0.25) is 0 Å². The molecular formula is C38H29N. The van der Waals surface area contributed by atoms with Gasteiger partial charge in [-0.05, 0) is 70.5 Å². The highest BCUT2D eigenvalue weighted by Gasteiger charge is 2.35. The molecule has 0 N–H and O–H groups in total. The molecule has 3 aliphatic rings. The maximum absolute atomic E-state index is 2.44. The Labute approximate surface area is 229 Å². The Bertz CT molecular complexity index is 1900. The molecule has 2 unspecified atom stereocenters. The summed E-state index contributed by atoms with van der Waals surface area (Å²) in [4.78, 5) is 0. The van der Waals surface area contributed by atoms with Gasteiger partial charge in [0.05, 0.1) is 11.0 Å². The molecule has 1 nitrogen and oxygen atoms in total. The summed E-state index contributed by atoms with van der Waals surface area (Å²) >= 11 is 0. The average molecular weight is 500 g/mol. The van der Waals surface area contributed by atoms with E-state index in [0.717, 1.165) is 12.8 Å². The van der Waals surface area contributed by atoms with Gasteiger partial charge in [-0.15, -0.1) is 0 Å². The molecule has 39 heavy (non-hydrogen) atoms. The molecule has 0 fully saturated rings. The molecule has 2 atom stereocenters. The molecule has 4 aromatic carbocycles. The van der Waals surface area contributed by atoms with Crippen molar-refractivity contribution in [2.24, 2.45) is 5.92 Å². The van der Waals surface area contributed by atoms with E-state index in [9.17, 15) is 0 Å². The molecular weight excluding hydrogens is 470 g/mol. The molecule has 0 saturated carbocycles. The van der Waals surface area contributed by atoms with Gasteiger partial charge in [0.1, 0.15) is 0 Å². The van der Waals surface area contributed by atoms with Gasteiger partial charge >= 0.3 is 0 Å². The molecule has 1 heterocycles. The molecule has 0 radical (unpaired) electrons. The number of hydrogen-bond acceptors (Lipinski definition) is 0. The molecule has 0 saturated heterocycles. The minimum atomic E-state index is 0.303. The first-order valence-corrected chi connectivity index (χ1v) is 14.0. The van der Waals surface area contributed by atoms with E-state index in [1.54, 1.807) is 0 Å². The van der Waals surface area contributed by atoms with E-state index < -0.39 is 0 Å². The summed E-state index contributed by atoms with van der Waals surface area (Å²) in [6.07, 6.45) is 18.3. The Morgan fingerprint density at radius 3 is 2.38 bits per heavy atom. The van der Waals surface area contributed by atoms with E-state index in [1.807, 2.05) is 0 Å². The SMILES string of the molecule is C1=CC2=C(c3ccc4c(c3)c3ccccc3n4C3=CCCC=C3)c3ccccc3C(c3ccccc3)C2C=C1. The molecule has 186 valence electrons. The lowest BCUT2D eigenvalue weighted by Gasteiger charge is -2.36. The van der Waals surface area contributed by atoms with Crippen molar-refractivity contribution in [3.8, 4) is 0 Å². The van der Waals surface area contributed by atoms with Crippen molar-refractivity contribution >= 4 is 33.1 Å². The number of nitrogens with zero attached hydrogens (tertiary/aromatic N) is 1. The van der Waals surface area contributed by atoms with E-state index in [-0.39, 0.29) is 0 Å². The van der Waals surface area contributed by atoms with Crippen LogP contribution >= 0.6 is 0 Å². The summed E-state index contributed by atoms with van der Waals surface area (Å²) in [6.45, 7) is 0. The van der Waals surface area contributed by atoms with Gasteiger partial charge in [-0.25, -0.2) is 0 Å². The van der Waals surface area contributed by atoms with Crippen molar-refractivity contribution in [2.45, 2.75) is 18.8 Å². The zero-order valence-electron chi connectivity index (χ0n) is 21.8. The van der Waals surface area contributed by atoms with Crippen LogP contribution in [0.2, 0.25) is 0 Å². The van der Waals surface area contributed by atoms with Gasteiger partial charge in [0.15, 0.2) is 0 Å². The monoisotopic (exact) mass is 499 g/mol. The molecule has 8 rings (SSSR count). The van der Waals surface area contributed by atoms with Crippen molar-refractivity contribution in [1.29, 1.82) is 0 Å². The van der Waals surface area contributed by atoms with Gasteiger partial charge in [-0.2, -0.15) is 0 Å². The van der Waals surface area contributed by atoms with Crippen LogP contribution in [0.1, 0.15) is 41.0 Å². The first-order chi connectivity index (χ1) is 19.4. The number of para-hydroxylation sites is 1. The third-order valence-corrected chi connectivity index (χ3v) is 8.63. The van der Waals surface area contributed by atoms with Gasteiger partial charge in [0, 0.05) is 28.3 Å². The number of benzene rings is 4. The quantitative estimate of drug-likeness (QED) is 0.233. The number of allylic oxidation sites excluding steroid dienone is 9. The number of fused-ring (bicyclic) bond motifs is 5. The van der Waals surface area contributed by atoms with Crippen LogP contribution in [0.3, 0.4) is 0 Å². The zero-order chi connectivity index (χ0) is 25.8. The Hall–Kier alpha value is -4.62. The van der Waals surface area contributed by atoms with Crippen LogP contribution in [0, 0.1) is 5.92 Å². The predicted molar refractivity (Wildman–Crippen MR) is 165 cm³/mol. The summed E-state index contributed by atoms with van der Waals surface area (Å²) in [5.41, 5.74) is 12.0. The molecule has 5 aromatic rings. The Morgan fingerprint density at radius 2 is 1.49 bits per heavy atom. The van der Waals surface area contributed by atoms with Crippen LogP contribution in [-0.2, 0) is 0 Å². The molecule has 1 aromatic heterocycles. The minimum absolute atomic E-state index is 0.303. The first-order valence-electron chi connectivity index (χ1n) is 14.0. The summed E-state index contributed by atoms with van der Waals surface area (Å²) in [5, 5.41) is 2.62. The largest absolute Gasteiger partial charge is 0.310 e. The second-order valence-corrected chi connectivity index (χ2v) is 10.8.